The van der Waals surface area contributed by atoms with Gasteiger partial charge in [-0.25, -0.2) is 0 Å². The predicted octanol–water partition coefficient (Wildman–Crippen LogP) is 1.57. The fourth-order valence-electron chi connectivity index (χ4n) is 1.06. The Hall–Kier alpha value is -1.02. The van der Waals surface area contributed by atoms with Gasteiger partial charge in [-0.2, -0.15) is 0 Å². The Morgan fingerprint density at radius 3 is 2.73 bits per heavy atom. The molecule has 1 aliphatic rings. The van der Waals surface area contributed by atoms with E-state index >= 15 is 0 Å². The molecule has 1 aromatic rings. The van der Waals surface area contributed by atoms with E-state index in [1.807, 2.05) is 18.2 Å². The largest absolute Gasteiger partial charge is 0.426 e. The number of fused-ring (bicyclic) bond motifs is 1. The van der Waals surface area contributed by atoms with Gasteiger partial charge in [0, 0.05) is 5.56 Å². The summed E-state index contributed by atoms with van der Waals surface area (Å²) in [5, 5.41) is 0. The fraction of sp³-hybridized carbons (Fsp3) is 0.125. The SMILES string of the molecule is Cl.O=C1Cc2ccccc2O1. The molecule has 0 aromatic heterocycles. The normalized spacial score (nSPS) is 13.3. The van der Waals surface area contributed by atoms with E-state index in [-0.39, 0.29) is 18.4 Å². The van der Waals surface area contributed by atoms with Crippen LogP contribution in [0.2, 0.25) is 0 Å². The van der Waals surface area contributed by atoms with Gasteiger partial charge in [-0.3, -0.25) is 4.79 Å². The van der Waals surface area contributed by atoms with Crippen LogP contribution in [0.5, 0.6) is 5.75 Å². The van der Waals surface area contributed by atoms with Crippen molar-refractivity contribution in [3.63, 3.8) is 0 Å². The first-order chi connectivity index (χ1) is 4.86. The Kier molecular flexibility index (Phi) is 2.15. The van der Waals surface area contributed by atoms with Gasteiger partial charge in [0.25, 0.3) is 0 Å². The maximum atomic E-state index is 10.7. The Labute approximate surface area is 70.6 Å². The third-order valence-corrected chi connectivity index (χ3v) is 1.53. The molecule has 58 valence electrons. The molecule has 1 aliphatic heterocycles. The van der Waals surface area contributed by atoms with Crippen LogP contribution < -0.4 is 4.74 Å². The molecule has 0 unspecified atom stereocenters. The van der Waals surface area contributed by atoms with E-state index in [1.54, 1.807) is 6.07 Å². The molecule has 0 bridgehead atoms. The molecule has 0 amide bonds. The minimum absolute atomic E-state index is 0. The number of carbonyl (C=O) groups excluding carboxylic acids is 1. The highest BCUT2D eigenvalue weighted by Gasteiger charge is 2.18. The van der Waals surface area contributed by atoms with Gasteiger partial charge in [-0.1, -0.05) is 18.2 Å². The summed E-state index contributed by atoms with van der Waals surface area (Å²) >= 11 is 0. The Morgan fingerprint density at radius 1 is 1.27 bits per heavy atom. The molecule has 0 spiro atoms. The second-order valence-corrected chi connectivity index (χ2v) is 2.26. The van der Waals surface area contributed by atoms with Gasteiger partial charge in [0.15, 0.2) is 0 Å². The van der Waals surface area contributed by atoms with Crippen LogP contribution in [0.15, 0.2) is 24.3 Å². The third-order valence-electron chi connectivity index (χ3n) is 1.53. The van der Waals surface area contributed by atoms with Crippen LogP contribution in [0.1, 0.15) is 5.56 Å². The highest BCUT2D eigenvalue weighted by atomic mass is 35.5. The topological polar surface area (TPSA) is 26.3 Å². The molecule has 0 radical (unpaired) electrons. The second kappa shape index (κ2) is 2.93. The first-order valence-electron chi connectivity index (χ1n) is 3.15. The molecule has 2 nitrogen and oxygen atoms in total. The summed E-state index contributed by atoms with van der Waals surface area (Å²) < 4.78 is 4.87. The molecule has 1 aromatic carbocycles. The zero-order chi connectivity index (χ0) is 6.97. The van der Waals surface area contributed by atoms with Crippen molar-refractivity contribution in [3.05, 3.63) is 29.8 Å². The van der Waals surface area contributed by atoms with Crippen molar-refractivity contribution >= 4 is 18.4 Å². The molecule has 0 aliphatic carbocycles. The van der Waals surface area contributed by atoms with Crippen molar-refractivity contribution in [1.82, 2.24) is 0 Å². The molecule has 0 fully saturated rings. The zero-order valence-corrected chi connectivity index (χ0v) is 6.56. The first kappa shape index (κ1) is 8.08. The van der Waals surface area contributed by atoms with E-state index in [1.165, 1.54) is 0 Å². The van der Waals surface area contributed by atoms with Crippen LogP contribution in [-0.4, -0.2) is 5.97 Å². The summed E-state index contributed by atoms with van der Waals surface area (Å²) in [6, 6.07) is 7.47. The van der Waals surface area contributed by atoms with Crippen LogP contribution in [0, 0.1) is 0 Å². The number of hydrogen-bond donors (Lipinski definition) is 0. The molecular formula is C8H7ClO2. The number of esters is 1. The highest BCUT2D eigenvalue weighted by Crippen LogP contribution is 2.24. The molecule has 2 rings (SSSR count). The van der Waals surface area contributed by atoms with Crippen LogP contribution in [0.25, 0.3) is 0 Å². The monoisotopic (exact) mass is 170 g/mol. The maximum absolute atomic E-state index is 10.7. The first-order valence-corrected chi connectivity index (χ1v) is 3.15. The smallest absolute Gasteiger partial charge is 0.315 e. The van der Waals surface area contributed by atoms with Crippen molar-refractivity contribution < 1.29 is 9.53 Å². The van der Waals surface area contributed by atoms with E-state index in [9.17, 15) is 4.79 Å². The van der Waals surface area contributed by atoms with E-state index in [0.717, 1.165) is 5.56 Å². The van der Waals surface area contributed by atoms with Gasteiger partial charge < -0.3 is 4.74 Å². The highest BCUT2D eigenvalue weighted by molar-refractivity contribution is 5.85. The maximum Gasteiger partial charge on any atom is 0.315 e. The summed E-state index contributed by atoms with van der Waals surface area (Å²) in [7, 11) is 0. The molecule has 1 heterocycles. The number of halogens is 1. The lowest BCUT2D eigenvalue weighted by molar-refractivity contribution is -0.131. The summed E-state index contributed by atoms with van der Waals surface area (Å²) in [5.41, 5.74) is 0.993. The number of hydrogen-bond acceptors (Lipinski definition) is 2. The number of ether oxygens (including phenoxy) is 1. The second-order valence-electron chi connectivity index (χ2n) is 2.26. The lowest BCUT2D eigenvalue weighted by atomic mass is 10.2. The Balaban J connectivity index is 0.000000605. The van der Waals surface area contributed by atoms with E-state index in [0.29, 0.717) is 12.2 Å². The molecule has 0 saturated heterocycles. The van der Waals surface area contributed by atoms with Crippen molar-refractivity contribution in [1.29, 1.82) is 0 Å². The minimum atomic E-state index is -0.152. The fourth-order valence-corrected chi connectivity index (χ4v) is 1.06. The van der Waals surface area contributed by atoms with Gasteiger partial charge >= 0.3 is 5.97 Å². The molecule has 11 heavy (non-hydrogen) atoms. The van der Waals surface area contributed by atoms with Gasteiger partial charge in [0.1, 0.15) is 5.75 Å². The van der Waals surface area contributed by atoms with Gasteiger partial charge in [0.05, 0.1) is 6.42 Å². The number of benzene rings is 1. The van der Waals surface area contributed by atoms with Crippen LogP contribution in [0.3, 0.4) is 0 Å². The van der Waals surface area contributed by atoms with Crippen molar-refractivity contribution in [2.24, 2.45) is 0 Å². The molecule has 0 atom stereocenters. The quantitative estimate of drug-likeness (QED) is 0.437. The summed E-state index contributed by atoms with van der Waals surface area (Å²) in [6.07, 6.45) is 0.427. The van der Waals surface area contributed by atoms with Crippen molar-refractivity contribution in [2.45, 2.75) is 6.42 Å². The lowest BCUT2D eigenvalue weighted by Gasteiger charge is -1.91. The van der Waals surface area contributed by atoms with Crippen molar-refractivity contribution in [2.75, 3.05) is 0 Å². The van der Waals surface area contributed by atoms with Crippen LogP contribution in [0.4, 0.5) is 0 Å². The summed E-state index contributed by atoms with van der Waals surface area (Å²) in [6.45, 7) is 0. The molecule has 0 N–H and O–H groups in total. The predicted molar refractivity (Wildman–Crippen MR) is 43.0 cm³/mol. The average Bonchev–Trinajstić information content (AvgIpc) is 2.27. The van der Waals surface area contributed by atoms with Gasteiger partial charge in [-0.05, 0) is 6.07 Å². The summed E-state index contributed by atoms with van der Waals surface area (Å²) in [5.74, 6) is 0.564. The number of para-hydroxylation sites is 1. The number of rotatable bonds is 0. The van der Waals surface area contributed by atoms with Crippen molar-refractivity contribution in [3.8, 4) is 5.75 Å². The lowest BCUT2D eigenvalue weighted by Crippen LogP contribution is -1.99. The van der Waals surface area contributed by atoms with E-state index in [4.69, 9.17) is 4.74 Å². The molecule has 0 saturated carbocycles. The van der Waals surface area contributed by atoms with Crippen LogP contribution in [-0.2, 0) is 11.2 Å². The summed E-state index contributed by atoms with van der Waals surface area (Å²) in [4.78, 5) is 10.7. The Bertz CT molecular complexity index is 256. The average molecular weight is 171 g/mol. The van der Waals surface area contributed by atoms with E-state index < -0.39 is 0 Å². The standard InChI is InChI=1S/C8H6O2.ClH/c9-8-5-6-3-1-2-4-7(6)10-8;/h1-4H,5H2;1H. The van der Waals surface area contributed by atoms with E-state index in [2.05, 4.69) is 0 Å². The van der Waals surface area contributed by atoms with Crippen LogP contribution >= 0.6 is 12.4 Å². The van der Waals surface area contributed by atoms with Gasteiger partial charge in [-0.15, -0.1) is 12.4 Å². The van der Waals surface area contributed by atoms with Gasteiger partial charge in [0.2, 0.25) is 0 Å². The number of carbonyl (C=O) groups is 1. The molecule has 3 heteroatoms. The third kappa shape index (κ3) is 1.35. The molecular weight excluding hydrogens is 164 g/mol. The minimum Gasteiger partial charge on any atom is -0.426 e. The Morgan fingerprint density at radius 2 is 2.00 bits per heavy atom. The zero-order valence-electron chi connectivity index (χ0n) is 5.74.